The number of carbonyl (C=O) groups is 1. The van der Waals surface area contributed by atoms with Gasteiger partial charge in [0.05, 0.1) is 13.2 Å². The van der Waals surface area contributed by atoms with Crippen LogP contribution < -0.4 is 20.7 Å². The number of anilines is 2. The van der Waals surface area contributed by atoms with Crippen LogP contribution in [-0.4, -0.2) is 96.3 Å². The summed E-state index contributed by atoms with van der Waals surface area (Å²) in [4.78, 5) is 46.7. The van der Waals surface area contributed by atoms with Crippen LogP contribution in [0.15, 0.2) is 29.5 Å². The Bertz CT molecular complexity index is 892. The molecule has 160 valence electrons. The van der Waals surface area contributed by atoms with Crippen molar-refractivity contribution in [2.24, 2.45) is 0 Å². The van der Waals surface area contributed by atoms with E-state index in [0.29, 0.717) is 44.7 Å². The number of H-pyrrole nitrogens is 1. The smallest absolute Gasteiger partial charge is 0.265 e. The molecule has 1 amide bonds. The molecule has 0 aliphatic carbocycles. The normalized spacial score (nSPS) is 17.7. The molecule has 30 heavy (non-hydrogen) atoms. The van der Waals surface area contributed by atoms with Crippen molar-refractivity contribution < 1.29 is 9.53 Å². The second-order valence-electron chi connectivity index (χ2n) is 7.18. The molecule has 2 saturated heterocycles. The number of ether oxygens (including phenoxy) is 1. The minimum Gasteiger partial charge on any atom is -0.379 e. The van der Waals surface area contributed by atoms with Gasteiger partial charge >= 0.3 is 0 Å². The largest absolute Gasteiger partial charge is 0.379 e. The van der Waals surface area contributed by atoms with E-state index >= 15 is 0 Å². The van der Waals surface area contributed by atoms with Crippen molar-refractivity contribution in [2.75, 3.05) is 75.4 Å². The summed E-state index contributed by atoms with van der Waals surface area (Å²) < 4.78 is 5.31. The Kier molecular flexibility index (Phi) is 6.50. The molecule has 0 unspecified atom stereocenters. The van der Waals surface area contributed by atoms with Crippen LogP contribution in [0.2, 0.25) is 0 Å². The summed E-state index contributed by atoms with van der Waals surface area (Å²) in [5.41, 5.74) is -0.408. The molecular weight excluding hydrogens is 388 g/mol. The zero-order valence-corrected chi connectivity index (χ0v) is 16.8. The van der Waals surface area contributed by atoms with E-state index in [1.54, 1.807) is 18.5 Å². The number of hydrogen-bond acceptors (Lipinski definition) is 9. The Hall–Kier alpha value is -3.05. The van der Waals surface area contributed by atoms with Crippen molar-refractivity contribution in [2.45, 2.75) is 0 Å². The highest BCUT2D eigenvalue weighted by molar-refractivity contribution is 5.93. The lowest BCUT2D eigenvalue weighted by atomic mass is 10.3. The molecule has 0 spiro atoms. The Labute approximate surface area is 174 Å². The molecule has 11 nitrogen and oxygen atoms in total. The third-order valence-electron chi connectivity index (χ3n) is 5.26. The molecule has 11 heteroatoms. The number of morpholine rings is 1. The third-order valence-corrected chi connectivity index (χ3v) is 5.26. The molecule has 0 bridgehead atoms. The Morgan fingerprint density at radius 3 is 2.43 bits per heavy atom. The van der Waals surface area contributed by atoms with E-state index in [1.165, 1.54) is 6.20 Å². The van der Waals surface area contributed by atoms with Gasteiger partial charge in [0.1, 0.15) is 5.56 Å². The topological polar surface area (TPSA) is 120 Å². The van der Waals surface area contributed by atoms with Crippen molar-refractivity contribution in [1.29, 1.82) is 0 Å². The van der Waals surface area contributed by atoms with Crippen LogP contribution in [-0.2, 0) is 4.74 Å². The van der Waals surface area contributed by atoms with Gasteiger partial charge in [-0.15, -0.1) is 0 Å². The molecule has 2 aromatic heterocycles. The van der Waals surface area contributed by atoms with E-state index in [0.717, 1.165) is 32.7 Å². The number of nitrogens with zero attached hydrogens (tertiary/aromatic N) is 6. The molecular formula is C19H26N8O3. The van der Waals surface area contributed by atoms with Gasteiger partial charge in [0.2, 0.25) is 11.9 Å². The lowest BCUT2D eigenvalue weighted by Crippen LogP contribution is -2.48. The second-order valence-corrected chi connectivity index (χ2v) is 7.18. The van der Waals surface area contributed by atoms with Crippen LogP contribution in [0.4, 0.5) is 11.9 Å². The van der Waals surface area contributed by atoms with Gasteiger partial charge in [-0.3, -0.25) is 19.5 Å². The molecule has 0 aromatic carbocycles. The number of piperazine rings is 1. The van der Waals surface area contributed by atoms with Crippen molar-refractivity contribution in [3.05, 3.63) is 40.6 Å². The number of carbonyl (C=O) groups excluding carboxylic acids is 1. The van der Waals surface area contributed by atoms with Gasteiger partial charge in [-0.25, -0.2) is 15.0 Å². The van der Waals surface area contributed by atoms with E-state index in [9.17, 15) is 9.59 Å². The van der Waals surface area contributed by atoms with Crippen molar-refractivity contribution >= 4 is 17.8 Å². The first-order valence-electron chi connectivity index (χ1n) is 10.2. The fourth-order valence-corrected chi connectivity index (χ4v) is 3.53. The molecule has 4 rings (SSSR count). The summed E-state index contributed by atoms with van der Waals surface area (Å²) in [6.45, 7) is 7.13. The Morgan fingerprint density at radius 2 is 1.73 bits per heavy atom. The fourth-order valence-electron chi connectivity index (χ4n) is 3.53. The van der Waals surface area contributed by atoms with Crippen LogP contribution >= 0.6 is 0 Å². The van der Waals surface area contributed by atoms with Gasteiger partial charge in [-0.05, 0) is 6.07 Å². The number of aromatic nitrogens is 4. The average molecular weight is 414 g/mol. The van der Waals surface area contributed by atoms with Crippen molar-refractivity contribution in [3.8, 4) is 0 Å². The molecule has 2 aliphatic rings. The first-order chi connectivity index (χ1) is 14.7. The highest BCUT2D eigenvalue weighted by Crippen LogP contribution is 2.13. The van der Waals surface area contributed by atoms with Gasteiger partial charge in [-0.2, -0.15) is 0 Å². The molecule has 0 atom stereocenters. The molecule has 2 N–H and O–H groups in total. The number of hydrogen-bond donors (Lipinski definition) is 2. The van der Waals surface area contributed by atoms with Crippen LogP contribution in [0, 0.1) is 0 Å². The first-order valence-corrected chi connectivity index (χ1v) is 10.2. The van der Waals surface area contributed by atoms with Crippen LogP contribution in [0.1, 0.15) is 10.4 Å². The number of aromatic amines is 1. The molecule has 2 fully saturated rings. The van der Waals surface area contributed by atoms with Crippen molar-refractivity contribution in [3.63, 3.8) is 0 Å². The molecule has 2 aromatic rings. The maximum Gasteiger partial charge on any atom is 0.265 e. The molecule has 0 saturated carbocycles. The third kappa shape index (κ3) is 4.92. The summed E-state index contributed by atoms with van der Waals surface area (Å²) in [5, 5.41) is 2.79. The van der Waals surface area contributed by atoms with E-state index in [2.05, 4.69) is 35.1 Å². The van der Waals surface area contributed by atoms with E-state index in [1.807, 2.05) is 4.90 Å². The summed E-state index contributed by atoms with van der Waals surface area (Å²) in [6.07, 6.45) is 4.79. The highest BCUT2D eigenvalue weighted by atomic mass is 16.5. The van der Waals surface area contributed by atoms with Gasteiger partial charge in [0.15, 0.2) is 0 Å². The monoisotopic (exact) mass is 414 g/mol. The standard InChI is InChI=1S/C19H26N8O3/c28-16(20-4-5-25-10-12-30-13-11-25)15-14-23-19(24-17(15)29)27-8-6-26(7-9-27)18-21-2-1-3-22-18/h1-3,14H,4-13H2,(H,20,28)(H,23,24,29). The van der Waals surface area contributed by atoms with Crippen LogP contribution in [0.25, 0.3) is 0 Å². The lowest BCUT2D eigenvalue weighted by molar-refractivity contribution is 0.0383. The van der Waals surface area contributed by atoms with E-state index in [-0.39, 0.29) is 5.56 Å². The molecule has 0 radical (unpaired) electrons. The van der Waals surface area contributed by atoms with Crippen molar-refractivity contribution in [1.82, 2.24) is 30.2 Å². The van der Waals surface area contributed by atoms with Gasteiger partial charge in [0.25, 0.3) is 11.5 Å². The maximum atomic E-state index is 12.4. The summed E-state index contributed by atoms with van der Waals surface area (Å²) in [5.74, 6) is 0.760. The average Bonchev–Trinajstić information content (AvgIpc) is 2.80. The predicted octanol–water partition coefficient (Wildman–Crippen LogP) is -1.05. The second kappa shape index (κ2) is 9.63. The first kappa shape index (κ1) is 20.2. The van der Waals surface area contributed by atoms with E-state index in [4.69, 9.17) is 4.74 Å². The minimum atomic E-state index is -0.433. The predicted molar refractivity (Wildman–Crippen MR) is 111 cm³/mol. The quantitative estimate of drug-likeness (QED) is 0.610. The fraction of sp³-hybridized carbons (Fsp3) is 0.526. The van der Waals surface area contributed by atoms with Crippen LogP contribution in [0.3, 0.4) is 0 Å². The number of nitrogens with one attached hydrogen (secondary N) is 2. The zero-order chi connectivity index (χ0) is 20.8. The van der Waals surface area contributed by atoms with E-state index < -0.39 is 11.5 Å². The summed E-state index contributed by atoms with van der Waals surface area (Å²) in [7, 11) is 0. The van der Waals surface area contributed by atoms with Gasteiger partial charge in [-0.1, -0.05) is 0 Å². The SMILES string of the molecule is O=C(NCCN1CCOCC1)c1cnc(N2CCN(c3ncccn3)CC2)[nH]c1=O. The number of rotatable bonds is 6. The van der Waals surface area contributed by atoms with Gasteiger partial charge < -0.3 is 19.9 Å². The van der Waals surface area contributed by atoms with Crippen LogP contribution in [0.5, 0.6) is 0 Å². The lowest BCUT2D eigenvalue weighted by Gasteiger charge is -2.34. The molecule has 2 aliphatic heterocycles. The van der Waals surface area contributed by atoms with Gasteiger partial charge in [0, 0.05) is 70.9 Å². The molecule has 4 heterocycles. The minimum absolute atomic E-state index is 0.0250. The zero-order valence-electron chi connectivity index (χ0n) is 16.8. The number of amides is 1. The highest BCUT2D eigenvalue weighted by Gasteiger charge is 2.21. The Morgan fingerprint density at radius 1 is 1.03 bits per heavy atom. The maximum absolute atomic E-state index is 12.4. The Balaban J connectivity index is 1.29. The summed E-state index contributed by atoms with van der Waals surface area (Å²) >= 11 is 0. The summed E-state index contributed by atoms with van der Waals surface area (Å²) in [6, 6.07) is 1.79.